The van der Waals surface area contributed by atoms with E-state index in [4.69, 9.17) is 16.7 Å². The van der Waals surface area contributed by atoms with Crippen LogP contribution in [0.2, 0.25) is 0 Å². The predicted octanol–water partition coefficient (Wildman–Crippen LogP) is 2.05. The molecule has 0 aromatic carbocycles. The van der Waals surface area contributed by atoms with E-state index < -0.39 is 5.97 Å². The van der Waals surface area contributed by atoms with Crippen molar-refractivity contribution in [3.05, 3.63) is 18.0 Å². The fraction of sp³-hybridized carbons (Fsp3) is 0.556. The SMILES string of the molecule is CCn1cc(C(Cl)CCC(=O)O)cn1. The molecule has 0 radical (unpaired) electrons. The number of alkyl halides is 1. The number of hydrogen-bond acceptors (Lipinski definition) is 2. The summed E-state index contributed by atoms with van der Waals surface area (Å²) in [6.07, 6.45) is 4.06. The summed E-state index contributed by atoms with van der Waals surface area (Å²) in [5.41, 5.74) is 0.884. The predicted molar refractivity (Wildman–Crippen MR) is 53.4 cm³/mol. The summed E-state index contributed by atoms with van der Waals surface area (Å²) in [7, 11) is 0. The van der Waals surface area contributed by atoms with E-state index in [0.29, 0.717) is 6.42 Å². The molecule has 5 heteroatoms. The second-order valence-corrected chi connectivity index (χ2v) is 3.56. The van der Waals surface area contributed by atoms with E-state index in [-0.39, 0.29) is 11.8 Å². The average Bonchev–Trinajstić information content (AvgIpc) is 2.62. The Morgan fingerprint density at radius 1 is 1.79 bits per heavy atom. The highest BCUT2D eigenvalue weighted by atomic mass is 35.5. The first kappa shape index (κ1) is 11.0. The first-order valence-corrected chi connectivity index (χ1v) is 4.95. The lowest BCUT2D eigenvalue weighted by atomic mass is 10.1. The number of nitrogens with zero attached hydrogens (tertiary/aromatic N) is 2. The Hall–Kier alpha value is -1.03. The topological polar surface area (TPSA) is 55.1 Å². The summed E-state index contributed by atoms with van der Waals surface area (Å²) in [4.78, 5) is 10.3. The summed E-state index contributed by atoms with van der Waals surface area (Å²) in [6, 6.07) is 0. The maximum Gasteiger partial charge on any atom is 0.303 e. The number of aryl methyl sites for hydroxylation is 1. The number of hydrogen-bond donors (Lipinski definition) is 1. The van der Waals surface area contributed by atoms with Gasteiger partial charge in [-0.2, -0.15) is 5.10 Å². The molecule has 0 aliphatic heterocycles. The average molecular weight is 217 g/mol. The van der Waals surface area contributed by atoms with Crippen molar-refractivity contribution in [2.45, 2.75) is 31.7 Å². The number of rotatable bonds is 5. The van der Waals surface area contributed by atoms with E-state index in [9.17, 15) is 4.79 Å². The number of carboxylic acids is 1. The van der Waals surface area contributed by atoms with E-state index in [0.717, 1.165) is 12.1 Å². The summed E-state index contributed by atoms with van der Waals surface area (Å²) in [5, 5.41) is 12.3. The summed E-state index contributed by atoms with van der Waals surface area (Å²) in [6.45, 7) is 2.78. The summed E-state index contributed by atoms with van der Waals surface area (Å²) >= 11 is 6.00. The van der Waals surface area contributed by atoms with Gasteiger partial charge in [-0.05, 0) is 13.3 Å². The molecule has 0 aliphatic rings. The van der Waals surface area contributed by atoms with Gasteiger partial charge >= 0.3 is 5.97 Å². The minimum absolute atomic E-state index is 0.0888. The second-order valence-electron chi connectivity index (χ2n) is 3.03. The van der Waals surface area contributed by atoms with Crippen LogP contribution in [0.1, 0.15) is 30.7 Å². The van der Waals surface area contributed by atoms with Crippen molar-refractivity contribution in [2.24, 2.45) is 0 Å². The molecular weight excluding hydrogens is 204 g/mol. The summed E-state index contributed by atoms with van der Waals surface area (Å²) < 4.78 is 1.77. The highest BCUT2D eigenvalue weighted by Gasteiger charge is 2.11. The van der Waals surface area contributed by atoms with Crippen molar-refractivity contribution in [1.82, 2.24) is 9.78 Å². The number of halogens is 1. The largest absolute Gasteiger partial charge is 0.481 e. The first-order valence-electron chi connectivity index (χ1n) is 4.51. The van der Waals surface area contributed by atoms with Crippen LogP contribution in [0.4, 0.5) is 0 Å². The Morgan fingerprint density at radius 2 is 2.50 bits per heavy atom. The molecular formula is C9H13ClN2O2. The minimum Gasteiger partial charge on any atom is -0.481 e. The lowest BCUT2D eigenvalue weighted by Gasteiger charge is -2.03. The highest BCUT2D eigenvalue weighted by molar-refractivity contribution is 6.20. The standard InChI is InChI=1S/C9H13ClN2O2/c1-2-12-6-7(5-11-12)8(10)3-4-9(13)14/h5-6,8H,2-4H2,1H3,(H,13,14). The van der Waals surface area contributed by atoms with Gasteiger partial charge in [-0.3, -0.25) is 9.48 Å². The molecule has 0 fully saturated rings. The fourth-order valence-electron chi connectivity index (χ4n) is 1.13. The molecule has 0 amide bonds. The minimum atomic E-state index is -0.821. The number of carboxylic acid groups (broad SMARTS) is 1. The summed E-state index contributed by atoms with van der Waals surface area (Å²) in [5.74, 6) is -0.821. The van der Waals surface area contributed by atoms with E-state index >= 15 is 0 Å². The molecule has 1 N–H and O–H groups in total. The molecule has 0 bridgehead atoms. The fourth-order valence-corrected chi connectivity index (χ4v) is 1.35. The van der Waals surface area contributed by atoms with Crippen molar-refractivity contribution in [3.8, 4) is 0 Å². The number of aromatic nitrogens is 2. The van der Waals surface area contributed by atoms with Crippen molar-refractivity contribution >= 4 is 17.6 Å². The molecule has 0 aliphatic carbocycles. The van der Waals surface area contributed by atoms with E-state index in [1.807, 2.05) is 13.1 Å². The van der Waals surface area contributed by atoms with Crippen LogP contribution in [0.25, 0.3) is 0 Å². The maximum absolute atomic E-state index is 10.3. The van der Waals surface area contributed by atoms with Crippen LogP contribution in [0.5, 0.6) is 0 Å². The molecule has 1 aromatic rings. The van der Waals surface area contributed by atoms with Crippen LogP contribution in [-0.4, -0.2) is 20.9 Å². The van der Waals surface area contributed by atoms with Crippen LogP contribution in [-0.2, 0) is 11.3 Å². The van der Waals surface area contributed by atoms with Gasteiger partial charge in [0.25, 0.3) is 0 Å². The third-order valence-electron chi connectivity index (χ3n) is 1.95. The number of carbonyl (C=O) groups is 1. The molecule has 78 valence electrons. The molecule has 1 heterocycles. The number of aliphatic carboxylic acids is 1. The quantitative estimate of drug-likeness (QED) is 0.767. The zero-order chi connectivity index (χ0) is 10.6. The first-order chi connectivity index (χ1) is 6.63. The Kier molecular flexibility index (Phi) is 3.95. The lowest BCUT2D eigenvalue weighted by Crippen LogP contribution is -1.98. The third kappa shape index (κ3) is 3.03. The van der Waals surface area contributed by atoms with Crippen molar-refractivity contribution < 1.29 is 9.90 Å². The molecule has 1 aromatic heterocycles. The Bertz CT molecular complexity index is 312. The van der Waals surface area contributed by atoms with E-state index in [1.54, 1.807) is 10.9 Å². The van der Waals surface area contributed by atoms with Gasteiger partial charge in [-0.1, -0.05) is 0 Å². The molecule has 14 heavy (non-hydrogen) atoms. The van der Waals surface area contributed by atoms with Gasteiger partial charge < -0.3 is 5.11 Å². The molecule has 4 nitrogen and oxygen atoms in total. The van der Waals surface area contributed by atoms with Gasteiger partial charge in [0.1, 0.15) is 0 Å². The lowest BCUT2D eigenvalue weighted by molar-refractivity contribution is -0.137. The molecule has 0 saturated heterocycles. The van der Waals surface area contributed by atoms with Gasteiger partial charge in [0.15, 0.2) is 0 Å². The van der Waals surface area contributed by atoms with Crippen LogP contribution in [0, 0.1) is 0 Å². The highest BCUT2D eigenvalue weighted by Crippen LogP contribution is 2.24. The molecule has 1 unspecified atom stereocenters. The second kappa shape index (κ2) is 5.00. The Morgan fingerprint density at radius 3 is 3.00 bits per heavy atom. The Balaban J connectivity index is 2.51. The van der Waals surface area contributed by atoms with Gasteiger partial charge in [0.2, 0.25) is 0 Å². The normalized spacial score (nSPS) is 12.7. The van der Waals surface area contributed by atoms with Crippen LogP contribution >= 0.6 is 11.6 Å². The maximum atomic E-state index is 10.3. The van der Waals surface area contributed by atoms with Gasteiger partial charge in [0.05, 0.1) is 11.6 Å². The zero-order valence-corrected chi connectivity index (χ0v) is 8.74. The van der Waals surface area contributed by atoms with Crippen LogP contribution < -0.4 is 0 Å². The van der Waals surface area contributed by atoms with E-state index in [1.165, 1.54) is 0 Å². The van der Waals surface area contributed by atoms with Crippen LogP contribution in [0.15, 0.2) is 12.4 Å². The van der Waals surface area contributed by atoms with E-state index in [2.05, 4.69) is 5.10 Å². The van der Waals surface area contributed by atoms with Crippen molar-refractivity contribution in [2.75, 3.05) is 0 Å². The van der Waals surface area contributed by atoms with Gasteiger partial charge in [-0.15, -0.1) is 11.6 Å². The third-order valence-corrected chi connectivity index (χ3v) is 2.42. The van der Waals surface area contributed by atoms with Crippen molar-refractivity contribution in [1.29, 1.82) is 0 Å². The monoisotopic (exact) mass is 216 g/mol. The molecule has 0 spiro atoms. The smallest absolute Gasteiger partial charge is 0.303 e. The molecule has 1 atom stereocenters. The zero-order valence-electron chi connectivity index (χ0n) is 7.98. The Labute approximate surface area is 87.5 Å². The van der Waals surface area contributed by atoms with Crippen LogP contribution in [0.3, 0.4) is 0 Å². The molecule has 1 rings (SSSR count). The van der Waals surface area contributed by atoms with Crippen molar-refractivity contribution in [3.63, 3.8) is 0 Å². The van der Waals surface area contributed by atoms with Gasteiger partial charge in [-0.25, -0.2) is 0 Å². The van der Waals surface area contributed by atoms with Gasteiger partial charge in [0, 0.05) is 24.7 Å². The molecule has 0 saturated carbocycles.